The molecule has 3 aromatic heterocycles. The van der Waals surface area contributed by atoms with Crippen molar-refractivity contribution in [1.29, 1.82) is 0 Å². The molecule has 1 saturated heterocycles. The number of aryl methyl sites for hydroxylation is 1. The Morgan fingerprint density at radius 2 is 1.93 bits per heavy atom. The van der Waals surface area contributed by atoms with E-state index in [0.717, 1.165) is 43.2 Å². The third-order valence-corrected chi connectivity index (χ3v) is 5.33. The maximum Gasteiger partial charge on any atom is 0.201 e. The van der Waals surface area contributed by atoms with Gasteiger partial charge in [0.15, 0.2) is 11.6 Å². The Balaban J connectivity index is 1.52. The lowest BCUT2D eigenvalue weighted by molar-refractivity contribution is 0.0175. The number of rotatable bonds is 4. The largest absolute Gasteiger partial charge is 0.381 e. The molecule has 0 bridgehead atoms. The third-order valence-electron chi connectivity index (χ3n) is 5.33. The Morgan fingerprint density at radius 3 is 2.77 bits per heavy atom. The normalized spacial score (nSPS) is 16.2. The van der Waals surface area contributed by atoms with Crippen LogP contribution < -0.4 is 5.73 Å². The van der Waals surface area contributed by atoms with Crippen LogP contribution in [0.25, 0.3) is 28.4 Å². The van der Waals surface area contributed by atoms with E-state index >= 15 is 0 Å². The van der Waals surface area contributed by atoms with E-state index in [4.69, 9.17) is 15.5 Å². The number of morpholine rings is 1. The van der Waals surface area contributed by atoms with Crippen LogP contribution in [0.1, 0.15) is 18.8 Å². The van der Waals surface area contributed by atoms with E-state index in [1.165, 1.54) is 0 Å². The van der Waals surface area contributed by atoms with Crippen LogP contribution in [0, 0.1) is 0 Å². The van der Waals surface area contributed by atoms with Crippen LogP contribution >= 0.6 is 0 Å². The molecule has 1 aliphatic rings. The smallest absolute Gasteiger partial charge is 0.201 e. The standard InChI is InChI=1S/C19H22N10O/c1-12(28-7-9-30-10-8-28)18-23-17(25-27(18)2)14-11-21-16(20)19(22-14)29-15-6-4-3-5-13(15)24-26-29/h3-6,11-12H,7-10H2,1-2H3,(H2,20,21)/t12-/m1/s1. The maximum atomic E-state index is 6.10. The van der Waals surface area contributed by atoms with Gasteiger partial charge in [-0.05, 0) is 19.1 Å². The van der Waals surface area contributed by atoms with Crippen molar-refractivity contribution < 1.29 is 4.74 Å². The van der Waals surface area contributed by atoms with Crippen molar-refractivity contribution in [1.82, 2.24) is 44.6 Å². The summed E-state index contributed by atoms with van der Waals surface area (Å²) in [6.07, 6.45) is 1.58. The van der Waals surface area contributed by atoms with Crippen LogP contribution in [0.4, 0.5) is 5.82 Å². The van der Waals surface area contributed by atoms with Gasteiger partial charge in [-0.25, -0.2) is 15.0 Å². The molecule has 0 aliphatic carbocycles. The van der Waals surface area contributed by atoms with Crippen LogP contribution in [0.3, 0.4) is 0 Å². The van der Waals surface area contributed by atoms with Gasteiger partial charge in [0.2, 0.25) is 5.82 Å². The first-order valence-electron chi connectivity index (χ1n) is 9.78. The van der Waals surface area contributed by atoms with Crippen LogP contribution in [-0.2, 0) is 11.8 Å². The molecule has 4 aromatic rings. The van der Waals surface area contributed by atoms with E-state index in [9.17, 15) is 0 Å². The number of nitrogen functional groups attached to an aromatic ring is 1. The lowest BCUT2D eigenvalue weighted by Crippen LogP contribution is -2.38. The number of ether oxygens (including phenoxy) is 1. The summed E-state index contributed by atoms with van der Waals surface area (Å²) in [6.45, 7) is 5.32. The molecular formula is C19H22N10O. The van der Waals surface area contributed by atoms with Gasteiger partial charge >= 0.3 is 0 Å². The Bertz CT molecular complexity index is 1190. The number of aromatic nitrogens is 8. The first kappa shape index (κ1) is 18.6. The van der Waals surface area contributed by atoms with Gasteiger partial charge in [-0.2, -0.15) is 4.68 Å². The fourth-order valence-corrected chi connectivity index (χ4v) is 3.67. The van der Waals surface area contributed by atoms with Crippen molar-refractivity contribution in [2.75, 3.05) is 32.0 Å². The molecule has 30 heavy (non-hydrogen) atoms. The van der Waals surface area contributed by atoms with Crippen molar-refractivity contribution in [2.24, 2.45) is 7.05 Å². The first-order chi connectivity index (χ1) is 14.6. The van der Waals surface area contributed by atoms with Crippen LogP contribution in [0.15, 0.2) is 30.5 Å². The molecule has 0 saturated carbocycles. The molecule has 0 radical (unpaired) electrons. The molecule has 2 N–H and O–H groups in total. The number of hydrogen-bond acceptors (Lipinski definition) is 9. The van der Waals surface area contributed by atoms with E-state index in [0.29, 0.717) is 17.3 Å². The molecule has 1 atom stereocenters. The molecule has 11 nitrogen and oxygen atoms in total. The van der Waals surface area contributed by atoms with Gasteiger partial charge in [0.05, 0.1) is 31.0 Å². The predicted molar refractivity (Wildman–Crippen MR) is 110 cm³/mol. The van der Waals surface area contributed by atoms with Gasteiger partial charge in [-0.1, -0.05) is 17.3 Å². The molecule has 0 unspecified atom stereocenters. The number of nitrogens with two attached hydrogens (primary N) is 1. The van der Waals surface area contributed by atoms with Crippen molar-refractivity contribution in [3.8, 4) is 17.3 Å². The number of anilines is 1. The summed E-state index contributed by atoms with van der Waals surface area (Å²) in [5, 5.41) is 12.9. The predicted octanol–water partition coefficient (Wildman–Crippen LogP) is 0.981. The zero-order valence-corrected chi connectivity index (χ0v) is 16.8. The average Bonchev–Trinajstić information content (AvgIpc) is 3.38. The van der Waals surface area contributed by atoms with E-state index in [-0.39, 0.29) is 11.9 Å². The Hall–Kier alpha value is -3.44. The van der Waals surface area contributed by atoms with Crippen LogP contribution in [0.2, 0.25) is 0 Å². The summed E-state index contributed by atoms with van der Waals surface area (Å²) >= 11 is 0. The lowest BCUT2D eigenvalue weighted by atomic mass is 10.2. The lowest BCUT2D eigenvalue weighted by Gasteiger charge is -2.31. The Labute approximate surface area is 172 Å². The molecule has 0 amide bonds. The zero-order chi connectivity index (χ0) is 20.7. The van der Waals surface area contributed by atoms with E-state index < -0.39 is 0 Å². The monoisotopic (exact) mass is 406 g/mol. The molecule has 1 aliphatic heterocycles. The second-order valence-corrected chi connectivity index (χ2v) is 7.20. The summed E-state index contributed by atoms with van der Waals surface area (Å²) in [6, 6.07) is 7.72. The van der Waals surface area contributed by atoms with Crippen LogP contribution in [0.5, 0.6) is 0 Å². The van der Waals surface area contributed by atoms with Gasteiger partial charge in [0, 0.05) is 20.1 Å². The van der Waals surface area contributed by atoms with E-state index in [2.05, 4.69) is 37.2 Å². The highest BCUT2D eigenvalue weighted by molar-refractivity contribution is 5.76. The van der Waals surface area contributed by atoms with Crippen molar-refractivity contribution in [2.45, 2.75) is 13.0 Å². The number of fused-ring (bicyclic) bond motifs is 1. The van der Waals surface area contributed by atoms with Gasteiger partial charge < -0.3 is 10.5 Å². The third kappa shape index (κ3) is 3.17. The molecule has 1 fully saturated rings. The summed E-state index contributed by atoms with van der Waals surface area (Å²) in [5.74, 6) is 2.01. The molecule has 11 heteroatoms. The van der Waals surface area contributed by atoms with Crippen molar-refractivity contribution in [3.63, 3.8) is 0 Å². The van der Waals surface area contributed by atoms with Crippen molar-refractivity contribution >= 4 is 16.9 Å². The quantitative estimate of drug-likeness (QED) is 0.528. The maximum absolute atomic E-state index is 6.10. The van der Waals surface area contributed by atoms with Gasteiger partial charge in [-0.3, -0.25) is 9.58 Å². The Morgan fingerprint density at radius 1 is 1.13 bits per heavy atom. The highest BCUT2D eigenvalue weighted by Crippen LogP contribution is 2.24. The van der Waals surface area contributed by atoms with Gasteiger partial charge in [0.25, 0.3) is 0 Å². The Kier molecular flexibility index (Phi) is 4.60. The van der Waals surface area contributed by atoms with E-state index in [1.807, 2.05) is 31.3 Å². The molecule has 4 heterocycles. The van der Waals surface area contributed by atoms with Gasteiger partial charge in [-0.15, -0.1) is 10.2 Å². The summed E-state index contributed by atoms with van der Waals surface area (Å²) in [7, 11) is 1.89. The minimum atomic E-state index is 0.112. The molecular weight excluding hydrogens is 384 g/mol. The van der Waals surface area contributed by atoms with Crippen LogP contribution in [-0.4, -0.2) is 70.9 Å². The van der Waals surface area contributed by atoms with E-state index in [1.54, 1.807) is 15.6 Å². The fourth-order valence-electron chi connectivity index (χ4n) is 3.67. The van der Waals surface area contributed by atoms with Gasteiger partial charge in [0.1, 0.15) is 17.0 Å². The SMILES string of the molecule is C[C@H](c1nc(-c2cnc(N)c(-n3nnc4ccccc43)n2)nn1C)N1CCOCC1. The fraction of sp³-hybridized carbons (Fsp3) is 0.368. The molecule has 154 valence electrons. The molecule has 0 spiro atoms. The highest BCUT2D eigenvalue weighted by atomic mass is 16.5. The summed E-state index contributed by atoms with van der Waals surface area (Å²) in [5.41, 5.74) is 8.18. The first-order valence-corrected chi connectivity index (χ1v) is 9.78. The zero-order valence-electron chi connectivity index (χ0n) is 16.8. The summed E-state index contributed by atoms with van der Waals surface area (Å²) in [4.78, 5) is 16.0. The van der Waals surface area contributed by atoms with Crippen molar-refractivity contribution in [3.05, 3.63) is 36.3 Å². The highest BCUT2D eigenvalue weighted by Gasteiger charge is 2.24. The number of nitrogens with zero attached hydrogens (tertiary/aromatic N) is 9. The summed E-state index contributed by atoms with van der Waals surface area (Å²) < 4.78 is 8.83. The number of hydrogen-bond donors (Lipinski definition) is 1. The minimum Gasteiger partial charge on any atom is -0.381 e. The second kappa shape index (κ2) is 7.43. The minimum absolute atomic E-state index is 0.112. The topological polar surface area (TPSA) is 126 Å². The number of para-hydroxylation sites is 1. The number of benzene rings is 1. The average molecular weight is 406 g/mol. The molecule has 5 rings (SSSR count). The second-order valence-electron chi connectivity index (χ2n) is 7.20. The molecule has 1 aromatic carbocycles.